The van der Waals surface area contributed by atoms with E-state index in [0.717, 1.165) is 5.52 Å². The fourth-order valence-corrected chi connectivity index (χ4v) is 3.97. The molecular weight excluding hydrogens is 282 g/mol. The summed E-state index contributed by atoms with van der Waals surface area (Å²) in [6.07, 6.45) is 5.13. The number of amides is 1. The van der Waals surface area contributed by atoms with Gasteiger partial charge in [0.25, 0.3) is 5.91 Å². The van der Waals surface area contributed by atoms with Crippen LogP contribution in [-0.4, -0.2) is 43.9 Å². The number of carboxylic acid groups (broad SMARTS) is 1. The number of hydrogen-bond donors (Lipinski definition) is 1. The van der Waals surface area contributed by atoms with E-state index in [2.05, 4.69) is 18.8 Å². The smallest absolute Gasteiger partial charge is 0.326 e. The minimum Gasteiger partial charge on any atom is -0.480 e. The number of carbonyl (C=O) groups is 2. The molecular formula is C16H17N3O3. The van der Waals surface area contributed by atoms with Gasteiger partial charge in [-0.15, -0.1) is 0 Å². The van der Waals surface area contributed by atoms with Crippen molar-refractivity contribution in [1.29, 1.82) is 0 Å². The van der Waals surface area contributed by atoms with Crippen LogP contribution in [0.5, 0.6) is 0 Å². The van der Waals surface area contributed by atoms with Gasteiger partial charge >= 0.3 is 5.97 Å². The maximum Gasteiger partial charge on any atom is 0.326 e. The lowest BCUT2D eigenvalue weighted by Gasteiger charge is -2.27. The average molecular weight is 299 g/mol. The predicted molar refractivity (Wildman–Crippen MR) is 78.4 cm³/mol. The van der Waals surface area contributed by atoms with E-state index in [9.17, 15) is 14.7 Å². The molecule has 1 aliphatic heterocycles. The zero-order chi connectivity index (χ0) is 15.6. The fraction of sp³-hybridized carbons (Fsp3) is 0.438. The normalized spacial score (nSPS) is 28.6. The summed E-state index contributed by atoms with van der Waals surface area (Å²) >= 11 is 0. The first-order chi connectivity index (χ1) is 10.4. The Balaban J connectivity index is 1.66. The number of carboxylic acids is 1. The van der Waals surface area contributed by atoms with Crippen molar-refractivity contribution in [2.45, 2.75) is 19.9 Å². The maximum atomic E-state index is 12.7. The molecule has 0 unspecified atom stereocenters. The molecule has 3 atom stereocenters. The summed E-state index contributed by atoms with van der Waals surface area (Å²) in [5.41, 5.74) is 1.20. The molecule has 2 aromatic rings. The molecule has 0 radical (unpaired) electrons. The summed E-state index contributed by atoms with van der Waals surface area (Å²) in [4.78, 5) is 30.0. The van der Waals surface area contributed by atoms with Crippen molar-refractivity contribution in [2.24, 2.45) is 17.3 Å². The van der Waals surface area contributed by atoms with E-state index >= 15 is 0 Å². The van der Waals surface area contributed by atoms with E-state index in [-0.39, 0.29) is 28.9 Å². The molecule has 1 saturated carbocycles. The number of nitrogens with zero attached hydrogens (tertiary/aromatic N) is 3. The standard InChI is InChI=1S/C16H17N3O3/c1-16(2)10-7-19(13(12(10)16)15(21)22)14(20)11-8-18-5-3-4-9(18)6-17-11/h3-6,8,10,12-13H,7H2,1-2H3,(H,21,22)/t10-,12-,13-/m0/s1. The Labute approximate surface area is 127 Å². The van der Waals surface area contributed by atoms with Crippen LogP contribution in [0.2, 0.25) is 0 Å². The Bertz CT molecular complexity index is 795. The second-order valence-electron chi connectivity index (χ2n) is 6.81. The van der Waals surface area contributed by atoms with Crippen molar-refractivity contribution < 1.29 is 14.7 Å². The van der Waals surface area contributed by atoms with Crippen LogP contribution in [0.3, 0.4) is 0 Å². The Morgan fingerprint density at radius 3 is 2.91 bits per heavy atom. The lowest BCUT2D eigenvalue weighted by molar-refractivity contribution is -0.142. The number of likely N-dealkylation sites (tertiary alicyclic amines) is 1. The van der Waals surface area contributed by atoms with Crippen LogP contribution in [0.4, 0.5) is 0 Å². The zero-order valence-electron chi connectivity index (χ0n) is 12.4. The summed E-state index contributed by atoms with van der Waals surface area (Å²) in [7, 11) is 0. The molecule has 2 fully saturated rings. The summed E-state index contributed by atoms with van der Waals surface area (Å²) in [6, 6.07) is 3.03. The van der Waals surface area contributed by atoms with Gasteiger partial charge in [0.15, 0.2) is 0 Å². The van der Waals surface area contributed by atoms with Crippen LogP contribution in [0.15, 0.2) is 30.7 Å². The Morgan fingerprint density at radius 1 is 1.41 bits per heavy atom. The van der Waals surface area contributed by atoms with Crippen molar-refractivity contribution in [3.63, 3.8) is 0 Å². The van der Waals surface area contributed by atoms with Crippen molar-refractivity contribution in [2.75, 3.05) is 6.54 Å². The number of piperidine rings is 1. The third-order valence-corrected chi connectivity index (χ3v) is 5.35. The molecule has 114 valence electrons. The largest absolute Gasteiger partial charge is 0.480 e. The first-order valence-electron chi connectivity index (χ1n) is 7.38. The molecule has 1 N–H and O–H groups in total. The Morgan fingerprint density at radius 2 is 2.18 bits per heavy atom. The number of aromatic nitrogens is 2. The fourth-order valence-electron chi connectivity index (χ4n) is 3.97. The van der Waals surface area contributed by atoms with Gasteiger partial charge in [0.2, 0.25) is 0 Å². The molecule has 1 aliphatic carbocycles. The topological polar surface area (TPSA) is 74.9 Å². The first-order valence-corrected chi connectivity index (χ1v) is 7.38. The van der Waals surface area contributed by atoms with Gasteiger partial charge in [-0.2, -0.15) is 0 Å². The van der Waals surface area contributed by atoms with E-state index < -0.39 is 12.0 Å². The second-order valence-corrected chi connectivity index (χ2v) is 6.81. The highest BCUT2D eigenvalue weighted by Gasteiger charge is 2.69. The lowest BCUT2D eigenvalue weighted by Crippen LogP contribution is -2.45. The quantitative estimate of drug-likeness (QED) is 0.912. The van der Waals surface area contributed by atoms with Crippen LogP contribution in [-0.2, 0) is 4.79 Å². The minimum atomic E-state index is -0.923. The Hall–Kier alpha value is -2.37. The second kappa shape index (κ2) is 4.09. The number of aliphatic carboxylic acids is 1. The average Bonchev–Trinajstić information content (AvgIpc) is 2.94. The van der Waals surface area contributed by atoms with Gasteiger partial charge in [0, 0.05) is 24.9 Å². The van der Waals surface area contributed by atoms with Gasteiger partial charge in [0.1, 0.15) is 11.7 Å². The van der Waals surface area contributed by atoms with Crippen LogP contribution < -0.4 is 0 Å². The number of carbonyl (C=O) groups excluding carboxylic acids is 1. The molecule has 2 aromatic heterocycles. The van der Waals surface area contributed by atoms with Crippen LogP contribution >= 0.6 is 0 Å². The Kier molecular flexibility index (Phi) is 2.47. The van der Waals surface area contributed by atoms with Crippen molar-refractivity contribution in [3.8, 4) is 0 Å². The van der Waals surface area contributed by atoms with E-state index in [1.165, 1.54) is 4.90 Å². The highest BCUT2D eigenvalue weighted by Crippen LogP contribution is 2.64. The SMILES string of the molecule is CC1(C)[C@@H]2[C@@H](C(=O)O)N(C(=O)c3cn4cccc4cn3)C[C@@H]21. The van der Waals surface area contributed by atoms with E-state index in [4.69, 9.17) is 0 Å². The molecule has 6 nitrogen and oxygen atoms in total. The van der Waals surface area contributed by atoms with Crippen LogP contribution in [0.25, 0.3) is 5.52 Å². The van der Waals surface area contributed by atoms with Crippen molar-refractivity contribution in [3.05, 3.63) is 36.4 Å². The van der Waals surface area contributed by atoms with Gasteiger partial charge < -0.3 is 14.4 Å². The van der Waals surface area contributed by atoms with Gasteiger partial charge in [-0.3, -0.25) is 4.79 Å². The summed E-state index contributed by atoms with van der Waals surface area (Å²) in [6.45, 7) is 4.65. The first kappa shape index (κ1) is 13.3. The molecule has 6 heteroatoms. The maximum absolute atomic E-state index is 12.7. The lowest BCUT2D eigenvalue weighted by atomic mass is 10.0. The van der Waals surface area contributed by atoms with Crippen LogP contribution in [0.1, 0.15) is 24.3 Å². The molecule has 4 rings (SSSR count). The molecule has 0 spiro atoms. The van der Waals surface area contributed by atoms with Crippen molar-refractivity contribution in [1.82, 2.24) is 14.3 Å². The highest BCUT2D eigenvalue weighted by molar-refractivity contribution is 5.96. The van der Waals surface area contributed by atoms with E-state index in [0.29, 0.717) is 6.54 Å². The summed E-state index contributed by atoms with van der Waals surface area (Å²) in [5.74, 6) is -0.906. The van der Waals surface area contributed by atoms with Gasteiger partial charge in [-0.25, -0.2) is 9.78 Å². The van der Waals surface area contributed by atoms with Crippen LogP contribution in [0, 0.1) is 17.3 Å². The molecule has 1 amide bonds. The molecule has 1 saturated heterocycles. The molecule has 0 aromatic carbocycles. The number of rotatable bonds is 2. The molecule has 22 heavy (non-hydrogen) atoms. The van der Waals surface area contributed by atoms with E-state index in [1.54, 1.807) is 12.4 Å². The number of fused-ring (bicyclic) bond motifs is 2. The van der Waals surface area contributed by atoms with Gasteiger partial charge in [-0.1, -0.05) is 13.8 Å². The monoisotopic (exact) mass is 299 g/mol. The van der Waals surface area contributed by atoms with E-state index in [1.807, 2.05) is 22.7 Å². The molecule has 2 aliphatic rings. The number of hydrogen-bond acceptors (Lipinski definition) is 3. The van der Waals surface area contributed by atoms with Gasteiger partial charge in [-0.05, 0) is 23.5 Å². The van der Waals surface area contributed by atoms with Crippen molar-refractivity contribution >= 4 is 17.4 Å². The van der Waals surface area contributed by atoms with Gasteiger partial charge in [0.05, 0.1) is 11.7 Å². The predicted octanol–water partition coefficient (Wildman–Crippen LogP) is 1.52. The zero-order valence-corrected chi connectivity index (χ0v) is 12.4. The third-order valence-electron chi connectivity index (χ3n) is 5.35. The highest BCUT2D eigenvalue weighted by atomic mass is 16.4. The molecule has 3 heterocycles. The minimum absolute atomic E-state index is 0.0116. The molecule has 0 bridgehead atoms. The summed E-state index contributed by atoms with van der Waals surface area (Å²) in [5, 5.41) is 9.53. The third kappa shape index (κ3) is 1.63. The summed E-state index contributed by atoms with van der Waals surface area (Å²) < 4.78 is 1.82.